The molecule has 13 aromatic carbocycles. The van der Waals surface area contributed by atoms with Crippen molar-refractivity contribution in [3.05, 3.63) is 407 Å². The van der Waals surface area contributed by atoms with Gasteiger partial charge in [0.15, 0.2) is 30.3 Å². The van der Waals surface area contributed by atoms with E-state index < -0.39 is 9.85 Å². The average Bonchev–Trinajstić information content (AvgIpc) is 0.746. The largest absolute Gasteiger partial charge is 0.481 e. The minimum Gasteiger partial charge on any atom is -0.481 e. The number of aryl methyl sites for hydroxylation is 12. The Kier molecular flexibility index (Phi) is 32.7. The van der Waals surface area contributed by atoms with Crippen molar-refractivity contribution >= 4 is 131 Å². The maximum Gasteiger partial charge on any atom is 0.303 e. The SMILES string of the molecule is C#CCOc1nc(-c2ccc(C)cc2)c([N+](=O)[O-])c2ccc(C)cc12.C#Cc1c(-c2ccc(C)cc2)nc(OC)c2cc(C)ccc12.COc1nc(-c2ccc(C)cc2)c(Br)c2ccc(C)cc12.Cc1ccc(-c2nc(Cl)c3cc(C)ccc3c2Br)cc1.Cc1ccc(-c2nc(NCc3ccccc3)c3cc(C)ccc3c2[N+](=O)[O-])cc1.Cc1ccc(-c2nc(OCC#N)c3cc(C)ccc3c2[N+](=O)[O-])cc1. The quantitative estimate of drug-likeness (QED) is 0.0361. The first-order chi connectivity index (χ1) is 68.3. The molecule has 0 radical (unpaired) electrons. The number of nitrogens with zero attached hydrogens (tertiary/aromatic N) is 10. The topological polar surface area (TPSA) is 280 Å². The fourth-order valence-electron chi connectivity index (χ4n) is 16.1. The van der Waals surface area contributed by atoms with Crippen LogP contribution < -0.4 is 24.3 Å². The van der Waals surface area contributed by atoms with Crippen LogP contribution >= 0.6 is 43.5 Å². The second-order valence-corrected chi connectivity index (χ2v) is 36.2. The fraction of sp³-hybridized carbons (Fsp3) is 0.144. The number of hydrogen-bond donors (Lipinski definition) is 1. The van der Waals surface area contributed by atoms with Crippen molar-refractivity contribution in [3.8, 4) is 122 Å². The van der Waals surface area contributed by atoms with Crippen LogP contribution in [0.3, 0.4) is 0 Å². The van der Waals surface area contributed by atoms with Gasteiger partial charge in [-0.3, -0.25) is 30.3 Å². The molecule has 0 spiro atoms. The Bertz CT molecular complexity index is 8000. The first-order valence-corrected chi connectivity index (χ1v) is 47.2. The lowest BCUT2D eigenvalue weighted by Gasteiger charge is -2.13. The minimum absolute atomic E-state index is 0.0353. The molecule has 706 valence electrons. The van der Waals surface area contributed by atoms with Crippen LogP contribution in [-0.2, 0) is 6.54 Å². The van der Waals surface area contributed by atoms with E-state index in [-0.39, 0.29) is 52.5 Å². The van der Waals surface area contributed by atoms with Crippen LogP contribution in [0.4, 0.5) is 22.9 Å². The molecule has 0 saturated heterocycles. The number of terminal acetylenes is 2. The van der Waals surface area contributed by atoms with E-state index in [0.717, 1.165) is 136 Å². The Hall–Kier alpha value is -16.6. The minimum atomic E-state index is -0.423. The summed E-state index contributed by atoms with van der Waals surface area (Å²) in [5.74, 6) is 7.65. The van der Waals surface area contributed by atoms with Crippen LogP contribution in [0.25, 0.3) is 132 Å². The van der Waals surface area contributed by atoms with E-state index in [1.165, 1.54) is 27.8 Å². The van der Waals surface area contributed by atoms with Crippen molar-refractivity contribution in [3.63, 3.8) is 0 Å². The van der Waals surface area contributed by atoms with Crippen molar-refractivity contribution < 1.29 is 33.7 Å². The zero-order chi connectivity index (χ0) is 101. The molecule has 0 aliphatic rings. The lowest BCUT2D eigenvalue weighted by molar-refractivity contribution is -0.382. The van der Waals surface area contributed by atoms with Crippen molar-refractivity contribution in [1.82, 2.24) is 29.9 Å². The van der Waals surface area contributed by atoms with Gasteiger partial charge in [-0.25, -0.2) is 29.9 Å². The highest BCUT2D eigenvalue weighted by Gasteiger charge is 2.30. The maximum atomic E-state index is 12.0. The lowest BCUT2D eigenvalue weighted by atomic mass is 9.98. The molecule has 21 nitrogen and oxygen atoms in total. The fourth-order valence-corrected chi connectivity index (χ4v) is 17.7. The summed E-state index contributed by atoms with van der Waals surface area (Å²) in [7, 11) is 3.30. The van der Waals surface area contributed by atoms with Crippen LogP contribution in [-0.4, -0.2) is 72.1 Å². The molecular weight excluding hydrogens is 1930 g/mol. The number of ether oxygens (including phenoxy) is 4. The molecule has 19 aromatic rings. The Labute approximate surface area is 845 Å². The van der Waals surface area contributed by atoms with Gasteiger partial charge in [-0.2, -0.15) is 5.26 Å². The van der Waals surface area contributed by atoms with Crippen LogP contribution in [0.1, 0.15) is 77.9 Å². The van der Waals surface area contributed by atoms with E-state index in [1.54, 1.807) is 44.6 Å². The molecule has 19 rings (SSSR count). The maximum absolute atomic E-state index is 12.0. The number of aromatic nitrogens is 6. The zero-order valence-corrected chi connectivity index (χ0v) is 84.5. The van der Waals surface area contributed by atoms with E-state index in [1.807, 2.05) is 200 Å². The molecule has 0 saturated carbocycles. The smallest absolute Gasteiger partial charge is 0.303 e. The summed E-state index contributed by atoms with van der Waals surface area (Å²) in [5, 5.41) is 57.8. The van der Waals surface area contributed by atoms with Gasteiger partial charge in [-0.15, -0.1) is 12.8 Å². The number of fused-ring (bicyclic) bond motifs is 6. The number of benzene rings is 13. The number of hydrogen-bond acceptors (Lipinski definition) is 18. The van der Waals surface area contributed by atoms with Gasteiger partial charge in [0, 0.05) is 77.6 Å². The predicted molar refractivity (Wildman–Crippen MR) is 581 cm³/mol. The summed E-state index contributed by atoms with van der Waals surface area (Å²) >= 11 is 13.7. The molecule has 6 aromatic heterocycles. The molecule has 0 amide bonds. The summed E-state index contributed by atoms with van der Waals surface area (Å²) in [4.78, 5) is 61.9. The number of nitriles is 1. The van der Waals surface area contributed by atoms with E-state index in [4.69, 9.17) is 58.6 Å². The normalized spacial score (nSPS) is 10.7. The van der Waals surface area contributed by atoms with Gasteiger partial charge in [0.25, 0.3) is 0 Å². The van der Waals surface area contributed by atoms with Gasteiger partial charge >= 0.3 is 17.1 Å². The standard InChI is InChI=1S/C24H21N3O2.C20H16N2O3.C20H17NO.C19H15N3O3.C18H16BrNO.C17H13BrClN/c1-16-8-11-19(12-9-16)22-23(27(28)29)20-13-10-17(2)14-21(20)24(26-22)25-15-18-6-4-3-5-7-18;1-4-11-25-20-17-12-14(3)7-10-16(17)19(22(23)24)18(21-20)15-8-5-13(2)6-9-15;1-5-16-17-11-8-14(3)12-18(17)20(22-4)21-19(16)15-9-6-13(2)7-10-15;1-12-3-6-14(7-4-12)17-18(22(23)24)15-8-5-13(2)11-16(15)19(21-17)25-10-9-20;1-11-4-7-13(8-5-11)17-16(19)14-9-6-12(2)10-15(14)18(20-17)21-3;1-10-3-6-12(7-4-10)16-15(18)13-8-5-11(2)9-14(13)17(19)20-16/h3-14H,15H2,1-2H3,(H,25,26);1,5-10,12H,11H2,2-3H3;1,6-12H,2-4H3;3-8,11H,10H2,1-2H3;4-10H,1-3H3;3-9H,1-2H3. The van der Waals surface area contributed by atoms with Gasteiger partial charge in [0.05, 0.1) is 87.5 Å². The second-order valence-electron chi connectivity index (χ2n) is 34.3. The number of halogens is 3. The molecule has 1 N–H and O–H groups in total. The van der Waals surface area contributed by atoms with Crippen LogP contribution in [0, 0.1) is 149 Å². The van der Waals surface area contributed by atoms with E-state index >= 15 is 0 Å². The number of methoxy groups -OCH3 is 2. The van der Waals surface area contributed by atoms with Crippen LogP contribution in [0.5, 0.6) is 23.5 Å². The summed E-state index contributed by atoms with van der Waals surface area (Å²) in [5.41, 5.74) is 23.8. The molecule has 0 aliphatic heterocycles. The summed E-state index contributed by atoms with van der Waals surface area (Å²) < 4.78 is 24.0. The number of anilines is 1. The lowest BCUT2D eigenvalue weighted by Crippen LogP contribution is -2.05. The highest BCUT2D eigenvalue weighted by Crippen LogP contribution is 2.46. The van der Waals surface area contributed by atoms with Gasteiger partial charge < -0.3 is 24.3 Å². The molecule has 0 bridgehead atoms. The molecule has 0 aliphatic carbocycles. The highest BCUT2D eigenvalue weighted by atomic mass is 79.9. The molecule has 0 atom stereocenters. The first kappa shape index (κ1) is 101. The van der Waals surface area contributed by atoms with E-state index in [0.29, 0.717) is 78.9 Å². The highest BCUT2D eigenvalue weighted by molar-refractivity contribution is 9.11. The van der Waals surface area contributed by atoms with Gasteiger partial charge in [0.2, 0.25) is 23.5 Å². The Morgan fingerprint density at radius 1 is 0.331 bits per heavy atom. The number of rotatable bonds is 18. The Morgan fingerprint density at radius 3 is 0.972 bits per heavy atom. The van der Waals surface area contributed by atoms with Crippen molar-refractivity contribution in [1.29, 1.82) is 5.26 Å². The van der Waals surface area contributed by atoms with E-state index in [2.05, 4.69) is 213 Å². The number of nitro groups is 3. The third-order valence-electron chi connectivity index (χ3n) is 23.5. The van der Waals surface area contributed by atoms with Crippen LogP contribution in [0.15, 0.2) is 294 Å². The number of nitrogens with one attached hydrogen (secondary N) is 1. The molecule has 0 unspecified atom stereocenters. The van der Waals surface area contributed by atoms with Crippen molar-refractivity contribution in [2.24, 2.45) is 0 Å². The van der Waals surface area contributed by atoms with Gasteiger partial charge in [-0.1, -0.05) is 321 Å². The average molecular weight is 2030 g/mol. The van der Waals surface area contributed by atoms with Crippen molar-refractivity contribution in [2.75, 3.05) is 32.8 Å². The Balaban J connectivity index is 0.000000136. The Morgan fingerprint density at radius 2 is 0.613 bits per heavy atom. The molecular formula is C118H98Br2ClN11O10. The number of pyridine rings is 6. The monoisotopic (exact) mass is 2020 g/mol. The summed E-state index contributed by atoms with van der Waals surface area (Å²) in [6.07, 6.45) is 11.1. The molecule has 0 fully saturated rings. The molecule has 142 heavy (non-hydrogen) atoms. The third kappa shape index (κ3) is 23.5. The zero-order valence-electron chi connectivity index (χ0n) is 80.6. The molecule has 24 heteroatoms. The predicted octanol–water partition coefficient (Wildman–Crippen LogP) is 30.5. The van der Waals surface area contributed by atoms with Gasteiger partial charge in [-0.05, 0) is 175 Å². The third-order valence-corrected chi connectivity index (χ3v) is 25.4. The summed E-state index contributed by atoms with van der Waals surface area (Å²) in [6.45, 7) is 24.5. The van der Waals surface area contributed by atoms with E-state index in [9.17, 15) is 30.3 Å². The van der Waals surface area contributed by atoms with Gasteiger partial charge in [0.1, 0.15) is 17.0 Å². The molecule has 6 heterocycles. The van der Waals surface area contributed by atoms with Crippen LogP contribution in [0.2, 0.25) is 5.15 Å². The first-order valence-electron chi connectivity index (χ1n) is 45.2. The second kappa shape index (κ2) is 45.8. The summed E-state index contributed by atoms with van der Waals surface area (Å²) in [6, 6.07) is 94.2. The van der Waals surface area contributed by atoms with Crippen molar-refractivity contribution in [2.45, 2.75) is 89.6 Å².